The summed E-state index contributed by atoms with van der Waals surface area (Å²) in [5.41, 5.74) is 4.13. The summed E-state index contributed by atoms with van der Waals surface area (Å²) < 4.78 is 0. The lowest BCUT2D eigenvalue weighted by Crippen LogP contribution is -2.29. The molecule has 3 heteroatoms. The maximum Gasteiger partial charge on any atom is 0.165 e. The number of nitrogens with zero attached hydrogens (tertiary/aromatic N) is 1. The number of nitrogens with two attached hydrogens (primary N) is 1. The number of nitriles is 1. The van der Waals surface area contributed by atoms with Gasteiger partial charge in [0.15, 0.2) is 5.78 Å². The predicted octanol–water partition coefficient (Wildman–Crippen LogP) is 0.0640. The summed E-state index contributed by atoms with van der Waals surface area (Å²) >= 11 is 0. The molecule has 9 heavy (non-hydrogen) atoms. The Morgan fingerprint density at radius 1 is 1.78 bits per heavy atom. The van der Waals surface area contributed by atoms with E-state index in [9.17, 15) is 4.79 Å². The minimum atomic E-state index is -0.908. The van der Waals surface area contributed by atoms with E-state index in [0.717, 1.165) is 0 Å². The number of hydrogen-bond donors (Lipinski definition) is 1. The van der Waals surface area contributed by atoms with Gasteiger partial charge < -0.3 is 5.73 Å². The molecule has 0 saturated heterocycles. The molecule has 0 unspecified atom stereocenters. The van der Waals surface area contributed by atoms with Gasteiger partial charge in [-0.15, -0.1) is 0 Å². The van der Waals surface area contributed by atoms with Crippen molar-refractivity contribution >= 4 is 5.78 Å². The average molecular weight is 126 g/mol. The Labute approximate surface area is 54.5 Å². The maximum absolute atomic E-state index is 10.7. The van der Waals surface area contributed by atoms with Crippen LogP contribution in [0, 0.1) is 16.7 Å². The van der Waals surface area contributed by atoms with Crippen molar-refractivity contribution in [2.45, 2.75) is 13.8 Å². The third kappa shape index (κ3) is 1.82. The van der Waals surface area contributed by atoms with Crippen molar-refractivity contribution < 1.29 is 4.79 Å². The van der Waals surface area contributed by atoms with Crippen LogP contribution >= 0.6 is 0 Å². The van der Waals surface area contributed by atoms with Gasteiger partial charge in [0, 0.05) is 0 Å². The molecule has 0 amide bonds. The third-order valence-electron chi connectivity index (χ3n) is 1.16. The molecule has 0 aromatic heterocycles. The molecular formula is C6H10N2O. The first kappa shape index (κ1) is 8.12. The molecule has 0 radical (unpaired) electrons. The number of carbonyl (C=O) groups is 1. The van der Waals surface area contributed by atoms with Crippen LogP contribution in [0.5, 0.6) is 0 Å². The Hall–Kier alpha value is -0.880. The fourth-order valence-corrected chi connectivity index (χ4v) is 0.318. The van der Waals surface area contributed by atoms with Gasteiger partial charge in [0.05, 0.1) is 12.6 Å². The Morgan fingerprint density at radius 3 is 2.33 bits per heavy atom. The first-order chi connectivity index (χ1) is 4.04. The highest BCUT2D eigenvalue weighted by Crippen LogP contribution is 2.12. The topological polar surface area (TPSA) is 66.9 Å². The molecule has 0 aliphatic heterocycles. The molecule has 0 rings (SSSR count). The molecule has 0 spiro atoms. The highest BCUT2D eigenvalue weighted by atomic mass is 16.1. The van der Waals surface area contributed by atoms with Crippen LogP contribution in [0.3, 0.4) is 0 Å². The SMILES string of the molecule is CC(C)(C#N)C(=O)CN. The molecule has 0 atom stereocenters. The van der Waals surface area contributed by atoms with Crippen LogP contribution in [0.25, 0.3) is 0 Å². The van der Waals surface area contributed by atoms with E-state index in [4.69, 9.17) is 11.0 Å². The van der Waals surface area contributed by atoms with Crippen molar-refractivity contribution in [1.29, 1.82) is 5.26 Å². The molecule has 0 aliphatic rings. The third-order valence-corrected chi connectivity index (χ3v) is 1.16. The zero-order valence-corrected chi connectivity index (χ0v) is 5.64. The molecule has 0 aromatic carbocycles. The van der Waals surface area contributed by atoms with E-state index in [0.29, 0.717) is 0 Å². The Kier molecular flexibility index (Phi) is 2.35. The molecule has 0 fully saturated rings. The van der Waals surface area contributed by atoms with Gasteiger partial charge in [-0.2, -0.15) is 5.26 Å². The quantitative estimate of drug-likeness (QED) is 0.569. The lowest BCUT2D eigenvalue weighted by Gasteiger charge is -2.10. The van der Waals surface area contributed by atoms with Crippen LogP contribution < -0.4 is 5.73 Å². The van der Waals surface area contributed by atoms with E-state index in [-0.39, 0.29) is 12.3 Å². The van der Waals surface area contributed by atoms with E-state index in [1.54, 1.807) is 13.8 Å². The summed E-state index contributed by atoms with van der Waals surface area (Å²) in [5.74, 6) is -0.218. The van der Waals surface area contributed by atoms with Crippen molar-refractivity contribution in [1.82, 2.24) is 0 Å². The van der Waals surface area contributed by atoms with Gasteiger partial charge in [-0.25, -0.2) is 0 Å². The van der Waals surface area contributed by atoms with Crippen molar-refractivity contribution in [3.63, 3.8) is 0 Å². The number of ketones is 1. The lowest BCUT2D eigenvalue weighted by molar-refractivity contribution is -0.123. The van der Waals surface area contributed by atoms with Crippen LogP contribution in [0.4, 0.5) is 0 Å². The Bertz CT molecular complexity index is 155. The summed E-state index contributed by atoms with van der Waals surface area (Å²) in [4.78, 5) is 10.7. The second kappa shape index (κ2) is 2.60. The van der Waals surface area contributed by atoms with Gasteiger partial charge >= 0.3 is 0 Å². The van der Waals surface area contributed by atoms with Crippen molar-refractivity contribution in [3.8, 4) is 6.07 Å². The zero-order valence-electron chi connectivity index (χ0n) is 5.64. The number of carbonyl (C=O) groups excluding carboxylic acids is 1. The highest BCUT2D eigenvalue weighted by molar-refractivity contribution is 5.88. The molecule has 0 bridgehead atoms. The van der Waals surface area contributed by atoms with Crippen LogP contribution in [-0.4, -0.2) is 12.3 Å². The van der Waals surface area contributed by atoms with Crippen LogP contribution in [0.15, 0.2) is 0 Å². The molecular weight excluding hydrogens is 116 g/mol. The maximum atomic E-state index is 10.7. The van der Waals surface area contributed by atoms with E-state index >= 15 is 0 Å². The summed E-state index contributed by atoms with van der Waals surface area (Å²) in [6, 6.07) is 1.86. The molecule has 2 N–H and O–H groups in total. The molecule has 50 valence electrons. The van der Waals surface area contributed by atoms with Crippen molar-refractivity contribution in [3.05, 3.63) is 0 Å². The van der Waals surface area contributed by atoms with Gasteiger partial charge in [0.25, 0.3) is 0 Å². The van der Waals surface area contributed by atoms with E-state index < -0.39 is 5.41 Å². The summed E-state index contributed by atoms with van der Waals surface area (Å²) in [5, 5.41) is 8.37. The molecule has 0 aliphatic carbocycles. The second-order valence-corrected chi connectivity index (χ2v) is 2.36. The fourth-order valence-electron chi connectivity index (χ4n) is 0.318. The second-order valence-electron chi connectivity index (χ2n) is 2.36. The van der Waals surface area contributed by atoms with Gasteiger partial charge in [-0.1, -0.05) is 0 Å². The average Bonchev–Trinajstić information content (AvgIpc) is 1.86. The minimum absolute atomic E-state index is 0.0550. The number of rotatable bonds is 2. The zero-order chi connectivity index (χ0) is 7.49. The first-order valence-electron chi connectivity index (χ1n) is 2.69. The number of hydrogen-bond acceptors (Lipinski definition) is 3. The number of Topliss-reactive ketones (excluding diaryl/α,β-unsaturated/α-hetero) is 1. The van der Waals surface area contributed by atoms with E-state index in [2.05, 4.69) is 0 Å². The predicted molar refractivity (Wildman–Crippen MR) is 33.5 cm³/mol. The van der Waals surface area contributed by atoms with Gasteiger partial charge in [-0.05, 0) is 13.8 Å². The standard InChI is InChI=1S/C6H10N2O/c1-6(2,4-8)5(9)3-7/h3,7H2,1-2H3. The van der Waals surface area contributed by atoms with Crippen LogP contribution in [-0.2, 0) is 4.79 Å². The fraction of sp³-hybridized carbons (Fsp3) is 0.667. The molecule has 0 aromatic rings. The molecule has 0 heterocycles. The van der Waals surface area contributed by atoms with Gasteiger partial charge in [-0.3, -0.25) is 4.79 Å². The van der Waals surface area contributed by atoms with E-state index in [1.165, 1.54) is 0 Å². The summed E-state index contributed by atoms with van der Waals surface area (Å²) in [7, 11) is 0. The monoisotopic (exact) mass is 126 g/mol. The largest absolute Gasteiger partial charge is 0.324 e. The lowest BCUT2D eigenvalue weighted by atomic mass is 9.90. The summed E-state index contributed by atoms with van der Waals surface area (Å²) in [6.45, 7) is 3.06. The summed E-state index contributed by atoms with van der Waals surface area (Å²) in [6.07, 6.45) is 0. The van der Waals surface area contributed by atoms with Crippen LogP contribution in [0.2, 0.25) is 0 Å². The Balaban J connectivity index is 4.19. The van der Waals surface area contributed by atoms with Crippen LogP contribution in [0.1, 0.15) is 13.8 Å². The smallest absolute Gasteiger partial charge is 0.165 e. The van der Waals surface area contributed by atoms with E-state index in [1.807, 2.05) is 6.07 Å². The molecule has 0 saturated carbocycles. The first-order valence-corrected chi connectivity index (χ1v) is 2.69. The normalized spacial score (nSPS) is 10.4. The minimum Gasteiger partial charge on any atom is -0.324 e. The van der Waals surface area contributed by atoms with Gasteiger partial charge in [0.2, 0.25) is 0 Å². The van der Waals surface area contributed by atoms with Crippen molar-refractivity contribution in [2.75, 3.05) is 6.54 Å². The highest BCUT2D eigenvalue weighted by Gasteiger charge is 2.24. The molecule has 3 nitrogen and oxygen atoms in total. The van der Waals surface area contributed by atoms with Crippen molar-refractivity contribution in [2.24, 2.45) is 11.1 Å². The van der Waals surface area contributed by atoms with Gasteiger partial charge in [0.1, 0.15) is 5.41 Å². The Morgan fingerprint density at radius 2 is 2.22 bits per heavy atom.